The van der Waals surface area contributed by atoms with Crippen LogP contribution in [0.25, 0.3) is 17.2 Å². The SMILES string of the molecule is Cc1ccc(-c2nc3nc(C)cc(N(CCO)Cc4ccccc4)n3n2)cc1. The Morgan fingerprint density at radius 2 is 1.71 bits per heavy atom. The Bertz CT molecular complexity index is 1070. The molecular formula is C22H23N5O. The zero-order valence-corrected chi connectivity index (χ0v) is 16.1. The molecule has 6 heteroatoms. The fourth-order valence-electron chi connectivity index (χ4n) is 3.22. The first-order chi connectivity index (χ1) is 13.6. The molecule has 0 unspecified atom stereocenters. The van der Waals surface area contributed by atoms with Crippen LogP contribution < -0.4 is 4.90 Å². The lowest BCUT2D eigenvalue weighted by Gasteiger charge is -2.24. The molecular weight excluding hydrogens is 350 g/mol. The number of aryl methyl sites for hydroxylation is 2. The van der Waals surface area contributed by atoms with Crippen LogP contribution in [0.15, 0.2) is 60.7 Å². The highest BCUT2D eigenvalue weighted by Gasteiger charge is 2.16. The Morgan fingerprint density at radius 1 is 0.964 bits per heavy atom. The number of hydrogen-bond donors (Lipinski definition) is 1. The first-order valence-corrected chi connectivity index (χ1v) is 9.35. The van der Waals surface area contributed by atoms with Gasteiger partial charge in [-0.05, 0) is 19.4 Å². The summed E-state index contributed by atoms with van der Waals surface area (Å²) in [6, 6.07) is 20.3. The molecule has 0 fully saturated rings. The molecule has 142 valence electrons. The van der Waals surface area contributed by atoms with Gasteiger partial charge in [-0.3, -0.25) is 0 Å². The van der Waals surface area contributed by atoms with Crippen LogP contribution in [-0.4, -0.2) is 37.8 Å². The van der Waals surface area contributed by atoms with Gasteiger partial charge in [0, 0.05) is 30.4 Å². The number of nitrogens with zero attached hydrogens (tertiary/aromatic N) is 5. The van der Waals surface area contributed by atoms with E-state index in [1.807, 2.05) is 55.5 Å². The molecule has 2 aromatic carbocycles. The molecule has 2 aromatic heterocycles. The number of rotatable bonds is 6. The van der Waals surface area contributed by atoms with Crippen molar-refractivity contribution in [2.45, 2.75) is 20.4 Å². The Hall–Kier alpha value is -3.25. The second-order valence-electron chi connectivity index (χ2n) is 6.90. The zero-order chi connectivity index (χ0) is 19.5. The molecule has 0 amide bonds. The average molecular weight is 373 g/mol. The Labute approximate surface area is 164 Å². The lowest BCUT2D eigenvalue weighted by atomic mass is 10.1. The van der Waals surface area contributed by atoms with Crippen molar-refractivity contribution in [3.63, 3.8) is 0 Å². The van der Waals surface area contributed by atoms with Crippen molar-refractivity contribution >= 4 is 11.6 Å². The molecule has 2 heterocycles. The number of aliphatic hydroxyl groups excluding tert-OH is 1. The Morgan fingerprint density at radius 3 is 2.43 bits per heavy atom. The molecule has 1 N–H and O–H groups in total. The third kappa shape index (κ3) is 3.73. The minimum absolute atomic E-state index is 0.0508. The predicted octanol–water partition coefficient (Wildman–Crippen LogP) is 3.41. The van der Waals surface area contributed by atoms with Gasteiger partial charge in [-0.25, -0.2) is 4.98 Å². The first-order valence-electron chi connectivity index (χ1n) is 9.35. The molecule has 0 aliphatic heterocycles. The summed E-state index contributed by atoms with van der Waals surface area (Å²) in [6.07, 6.45) is 0. The standard InChI is InChI=1S/C22H23N5O/c1-16-8-10-19(11-9-16)21-24-22-23-17(2)14-20(27(22)25-21)26(12-13-28)15-18-6-4-3-5-7-18/h3-11,14,28H,12-13,15H2,1-2H3. The van der Waals surface area contributed by atoms with E-state index in [2.05, 4.69) is 33.9 Å². The molecule has 0 saturated carbocycles. The van der Waals surface area contributed by atoms with Crippen LogP contribution in [0, 0.1) is 13.8 Å². The van der Waals surface area contributed by atoms with Crippen LogP contribution in [0.3, 0.4) is 0 Å². The monoisotopic (exact) mass is 373 g/mol. The Balaban J connectivity index is 1.78. The minimum atomic E-state index is 0.0508. The van der Waals surface area contributed by atoms with Gasteiger partial charge in [-0.15, -0.1) is 5.10 Å². The third-order valence-electron chi connectivity index (χ3n) is 4.64. The van der Waals surface area contributed by atoms with E-state index in [0.29, 0.717) is 24.7 Å². The Kier molecular flexibility index (Phi) is 5.04. The molecule has 0 spiro atoms. The molecule has 0 aliphatic carbocycles. The van der Waals surface area contributed by atoms with Gasteiger partial charge in [0.2, 0.25) is 0 Å². The van der Waals surface area contributed by atoms with E-state index in [9.17, 15) is 5.11 Å². The summed E-state index contributed by atoms with van der Waals surface area (Å²) < 4.78 is 1.76. The van der Waals surface area contributed by atoms with Crippen LogP contribution in [0.1, 0.15) is 16.8 Å². The summed E-state index contributed by atoms with van der Waals surface area (Å²) in [5, 5.41) is 14.3. The average Bonchev–Trinajstić information content (AvgIpc) is 3.12. The van der Waals surface area contributed by atoms with Crippen LogP contribution >= 0.6 is 0 Å². The van der Waals surface area contributed by atoms with Gasteiger partial charge in [0.05, 0.1) is 6.61 Å². The maximum atomic E-state index is 9.62. The molecule has 0 aliphatic rings. The van der Waals surface area contributed by atoms with Crippen molar-refractivity contribution in [3.8, 4) is 11.4 Å². The highest BCUT2D eigenvalue weighted by molar-refractivity contribution is 5.59. The van der Waals surface area contributed by atoms with Gasteiger partial charge in [0.15, 0.2) is 5.82 Å². The van der Waals surface area contributed by atoms with Crippen LogP contribution in [0.4, 0.5) is 5.82 Å². The number of aliphatic hydroxyl groups is 1. The van der Waals surface area contributed by atoms with Gasteiger partial charge >= 0.3 is 0 Å². The smallest absolute Gasteiger partial charge is 0.254 e. The molecule has 4 rings (SSSR count). The van der Waals surface area contributed by atoms with E-state index in [4.69, 9.17) is 5.10 Å². The van der Waals surface area contributed by atoms with E-state index in [1.54, 1.807) is 4.52 Å². The summed E-state index contributed by atoms with van der Waals surface area (Å²) in [7, 11) is 0. The predicted molar refractivity (Wildman–Crippen MR) is 110 cm³/mol. The molecule has 28 heavy (non-hydrogen) atoms. The van der Waals surface area contributed by atoms with Crippen molar-refractivity contribution in [1.82, 2.24) is 19.6 Å². The van der Waals surface area contributed by atoms with Gasteiger partial charge in [-0.2, -0.15) is 9.50 Å². The second kappa shape index (κ2) is 7.78. The quantitative estimate of drug-likeness (QED) is 0.561. The molecule has 0 radical (unpaired) electrons. The van der Waals surface area contributed by atoms with Crippen molar-refractivity contribution in [1.29, 1.82) is 0 Å². The lowest BCUT2D eigenvalue weighted by Crippen LogP contribution is -2.28. The fraction of sp³-hybridized carbons (Fsp3) is 0.227. The number of aromatic nitrogens is 4. The second-order valence-corrected chi connectivity index (χ2v) is 6.90. The van der Waals surface area contributed by atoms with Gasteiger partial charge in [0.1, 0.15) is 5.82 Å². The summed E-state index contributed by atoms with van der Waals surface area (Å²) in [5.74, 6) is 2.07. The van der Waals surface area contributed by atoms with Crippen molar-refractivity contribution in [2.75, 3.05) is 18.1 Å². The normalized spacial score (nSPS) is 11.1. The van der Waals surface area contributed by atoms with E-state index in [1.165, 1.54) is 5.56 Å². The molecule has 4 aromatic rings. The van der Waals surface area contributed by atoms with Gasteiger partial charge in [0.25, 0.3) is 5.78 Å². The van der Waals surface area contributed by atoms with E-state index < -0.39 is 0 Å². The van der Waals surface area contributed by atoms with Gasteiger partial charge in [-0.1, -0.05) is 60.2 Å². The van der Waals surface area contributed by atoms with Gasteiger partial charge < -0.3 is 10.0 Å². The van der Waals surface area contributed by atoms with Crippen LogP contribution in [0.2, 0.25) is 0 Å². The lowest BCUT2D eigenvalue weighted by molar-refractivity contribution is 0.301. The number of benzene rings is 2. The zero-order valence-electron chi connectivity index (χ0n) is 16.1. The van der Waals surface area contributed by atoms with Crippen molar-refractivity contribution < 1.29 is 5.11 Å². The fourth-order valence-corrected chi connectivity index (χ4v) is 3.22. The van der Waals surface area contributed by atoms with E-state index >= 15 is 0 Å². The summed E-state index contributed by atoms with van der Waals surface area (Å²) in [4.78, 5) is 11.3. The number of anilines is 1. The first kappa shape index (κ1) is 18.1. The van der Waals surface area contributed by atoms with Crippen LogP contribution in [0.5, 0.6) is 0 Å². The summed E-state index contributed by atoms with van der Waals surface area (Å²) in [5.41, 5.74) is 4.18. The van der Waals surface area contributed by atoms with E-state index in [-0.39, 0.29) is 6.61 Å². The molecule has 0 saturated heterocycles. The minimum Gasteiger partial charge on any atom is -0.395 e. The highest BCUT2D eigenvalue weighted by atomic mass is 16.3. The van der Waals surface area contributed by atoms with E-state index in [0.717, 1.165) is 22.6 Å². The third-order valence-corrected chi connectivity index (χ3v) is 4.64. The summed E-state index contributed by atoms with van der Waals surface area (Å²) in [6.45, 7) is 5.21. The molecule has 0 bridgehead atoms. The molecule has 6 nitrogen and oxygen atoms in total. The number of fused-ring (bicyclic) bond motifs is 1. The number of hydrogen-bond acceptors (Lipinski definition) is 5. The van der Waals surface area contributed by atoms with Crippen molar-refractivity contribution in [2.24, 2.45) is 0 Å². The highest BCUT2D eigenvalue weighted by Crippen LogP contribution is 2.22. The largest absolute Gasteiger partial charge is 0.395 e. The maximum Gasteiger partial charge on any atom is 0.254 e. The van der Waals surface area contributed by atoms with Crippen molar-refractivity contribution in [3.05, 3.63) is 77.5 Å². The molecule has 0 atom stereocenters. The topological polar surface area (TPSA) is 66.5 Å². The van der Waals surface area contributed by atoms with Crippen LogP contribution in [-0.2, 0) is 6.54 Å². The summed E-state index contributed by atoms with van der Waals surface area (Å²) >= 11 is 0. The maximum absolute atomic E-state index is 9.62.